The second-order valence-corrected chi connectivity index (χ2v) is 6.35. The number of rotatable bonds is 3. The highest BCUT2D eigenvalue weighted by Gasteiger charge is 2.38. The Morgan fingerprint density at radius 2 is 2.18 bits per heavy atom. The number of guanidine groups is 1. The number of halogens is 3. The molecule has 1 amide bonds. The Bertz CT molecular complexity index is 969. The summed E-state index contributed by atoms with van der Waals surface area (Å²) in [5, 5.41) is 10.5. The first-order valence-electron chi connectivity index (χ1n) is 7.97. The quantitative estimate of drug-likeness (QED) is 0.729. The van der Waals surface area contributed by atoms with Crippen LogP contribution in [0.15, 0.2) is 34.0 Å². The third-order valence-electron chi connectivity index (χ3n) is 4.17. The highest BCUT2D eigenvalue weighted by Crippen LogP contribution is 2.33. The van der Waals surface area contributed by atoms with Gasteiger partial charge in [-0.1, -0.05) is 0 Å². The van der Waals surface area contributed by atoms with E-state index in [9.17, 15) is 18.0 Å². The molecule has 2 aromatic rings. The van der Waals surface area contributed by atoms with E-state index in [0.29, 0.717) is 12.0 Å². The summed E-state index contributed by atoms with van der Waals surface area (Å²) in [4.78, 5) is 25.3. The maximum absolute atomic E-state index is 12.5. The van der Waals surface area contributed by atoms with Gasteiger partial charge in [-0.2, -0.15) is 13.2 Å². The molecule has 0 spiro atoms. The number of pyridine rings is 1. The molecule has 1 aliphatic rings. The lowest BCUT2D eigenvalue weighted by Gasteiger charge is -2.34. The number of aliphatic imine (C=N–C) groups is 1. The van der Waals surface area contributed by atoms with Crippen LogP contribution in [0, 0.1) is 5.41 Å². The number of nitrogens with one attached hydrogen (secondary N) is 2. The van der Waals surface area contributed by atoms with Gasteiger partial charge in [0.05, 0.1) is 5.69 Å². The molecule has 0 aromatic carbocycles. The molecular weight excluding hydrogens is 379 g/mol. The molecule has 0 saturated carbocycles. The Morgan fingerprint density at radius 1 is 1.46 bits per heavy atom. The summed E-state index contributed by atoms with van der Waals surface area (Å²) < 4.78 is 41.9. The molecule has 9 nitrogen and oxygen atoms in total. The number of nitrogens with two attached hydrogens (primary N) is 1. The number of amides is 1. The van der Waals surface area contributed by atoms with Crippen molar-refractivity contribution in [2.45, 2.75) is 25.1 Å². The Hall–Kier alpha value is -3.44. The second kappa shape index (κ2) is 6.62. The summed E-state index contributed by atoms with van der Waals surface area (Å²) in [6, 6.07) is 2.97. The van der Waals surface area contributed by atoms with Crippen molar-refractivity contribution in [1.82, 2.24) is 14.9 Å². The van der Waals surface area contributed by atoms with Crippen LogP contribution in [0.5, 0.6) is 0 Å². The zero-order valence-corrected chi connectivity index (χ0v) is 14.8. The molecule has 2 aromatic heterocycles. The first-order chi connectivity index (χ1) is 13.0. The van der Waals surface area contributed by atoms with Gasteiger partial charge in [0.1, 0.15) is 17.6 Å². The van der Waals surface area contributed by atoms with Crippen molar-refractivity contribution in [3.63, 3.8) is 0 Å². The first kappa shape index (κ1) is 19.3. The van der Waals surface area contributed by atoms with Crippen molar-refractivity contribution in [3.05, 3.63) is 41.9 Å². The lowest BCUT2D eigenvalue weighted by Crippen LogP contribution is -2.47. The number of carbonyl (C=O) groups excluding carboxylic acids is 1. The lowest BCUT2D eigenvalue weighted by molar-refractivity contribution is -0.157. The maximum Gasteiger partial charge on any atom is 0.468 e. The van der Waals surface area contributed by atoms with Crippen LogP contribution in [-0.4, -0.2) is 39.6 Å². The van der Waals surface area contributed by atoms with Gasteiger partial charge in [0.25, 0.3) is 5.91 Å². The zero-order valence-electron chi connectivity index (χ0n) is 14.8. The fourth-order valence-corrected chi connectivity index (χ4v) is 2.60. The monoisotopic (exact) mass is 395 g/mol. The molecule has 4 N–H and O–H groups in total. The molecule has 28 heavy (non-hydrogen) atoms. The molecule has 1 atom stereocenters. The van der Waals surface area contributed by atoms with Crippen LogP contribution < -0.4 is 11.1 Å². The summed E-state index contributed by atoms with van der Waals surface area (Å²) in [5.41, 5.74) is 5.11. The Morgan fingerprint density at radius 3 is 2.79 bits per heavy atom. The fraction of sp³-hybridized carbons (Fsp3) is 0.312. The van der Waals surface area contributed by atoms with E-state index in [4.69, 9.17) is 11.1 Å². The average molecular weight is 395 g/mol. The summed E-state index contributed by atoms with van der Waals surface area (Å²) >= 11 is 0. The molecule has 1 unspecified atom stereocenters. The lowest BCUT2D eigenvalue weighted by atomic mass is 9.91. The minimum atomic E-state index is -4.78. The number of amidine groups is 1. The van der Waals surface area contributed by atoms with Gasteiger partial charge < -0.3 is 20.4 Å². The fourth-order valence-electron chi connectivity index (χ4n) is 2.60. The number of anilines is 1. The van der Waals surface area contributed by atoms with Crippen LogP contribution >= 0.6 is 0 Å². The van der Waals surface area contributed by atoms with Gasteiger partial charge in [0.15, 0.2) is 11.7 Å². The Kier molecular flexibility index (Phi) is 4.57. The van der Waals surface area contributed by atoms with Gasteiger partial charge >= 0.3 is 12.1 Å². The summed E-state index contributed by atoms with van der Waals surface area (Å²) in [7, 11) is 1.62. The van der Waals surface area contributed by atoms with Gasteiger partial charge in [-0.25, -0.2) is 9.98 Å². The Balaban J connectivity index is 1.83. The van der Waals surface area contributed by atoms with E-state index in [1.165, 1.54) is 23.2 Å². The third-order valence-corrected chi connectivity index (χ3v) is 4.17. The minimum absolute atomic E-state index is 0.150. The van der Waals surface area contributed by atoms with E-state index in [1.807, 2.05) is 0 Å². The number of oxazole rings is 1. The molecule has 0 fully saturated rings. The number of hydrogen-bond acceptors (Lipinski definition) is 7. The third kappa shape index (κ3) is 3.66. The highest BCUT2D eigenvalue weighted by atomic mass is 19.4. The molecule has 3 rings (SSSR count). The number of carbonyl (C=O) groups is 1. The van der Waals surface area contributed by atoms with E-state index < -0.39 is 29.2 Å². The first-order valence-corrected chi connectivity index (χ1v) is 7.97. The van der Waals surface area contributed by atoms with Crippen molar-refractivity contribution in [2.75, 3.05) is 12.4 Å². The molecule has 12 heteroatoms. The topological polar surface area (TPSA) is 133 Å². The summed E-state index contributed by atoms with van der Waals surface area (Å²) in [6.45, 7) is 1.74. The minimum Gasteiger partial charge on any atom is -0.441 e. The second-order valence-electron chi connectivity index (χ2n) is 6.35. The largest absolute Gasteiger partial charge is 0.468 e. The highest BCUT2D eigenvalue weighted by molar-refractivity contribution is 6.03. The van der Waals surface area contributed by atoms with E-state index in [-0.39, 0.29) is 23.9 Å². The van der Waals surface area contributed by atoms with E-state index in [2.05, 4.69) is 24.7 Å². The predicted molar refractivity (Wildman–Crippen MR) is 92.8 cm³/mol. The van der Waals surface area contributed by atoms with Gasteiger partial charge in [0.2, 0.25) is 0 Å². The van der Waals surface area contributed by atoms with Gasteiger partial charge in [-0.05, 0) is 19.1 Å². The van der Waals surface area contributed by atoms with Crippen LogP contribution in [-0.2, 0) is 11.7 Å². The number of hydrogen-bond donors (Lipinski definition) is 3. The van der Waals surface area contributed by atoms with Crippen molar-refractivity contribution < 1.29 is 22.4 Å². The van der Waals surface area contributed by atoms with Gasteiger partial charge in [0, 0.05) is 25.4 Å². The van der Waals surface area contributed by atoms with Crippen LogP contribution in [0.4, 0.5) is 18.9 Å². The van der Waals surface area contributed by atoms with Crippen molar-refractivity contribution >= 4 is 23.4 Å². The van der Waals surface area contributed by atoms with E-state index in [1.54, 1.807) is 14.0 Å². The smallest absolute Gasteiger partial charge is 0.441 e. The SMILES string of the molecule is CN1C(=N)CC(C)(c2cc(NC(=O)c3coc(C(F)(F)F)n3)ccn2)N=C1N. The zero-order chi connectivity index (χ0) is 20.7. The van der Waals surface area contributed by atoms with Crippen LogP contribution in [0.3, 0.4) is 0 Å². The van der Waals surface area contributed by atoms with E-state index >= 15 is 0 Å². The molecule has 0 aliphatic carbocycles. The molecule has 0 bridgehead atoms. The van der Waals surface area contributed by atoms with Gasteiger partial charge in [-0.3, -0.25) is 15.2 Å². The average Bonchev–Trinajstić information content (AvgIpc) is 3.10. The normalized spacial score (nSPS) is 20.1. The van der Waals surface area contributed by atoms with Crippen molar-refractivity contribution in [3.8, 4) is 0 Å². The standard InChI is InChI=1S/C16H16F3N7O2/c1-15(6-11(20)26(2)14(21)25-15)10-5-8(3-4-22-10)23-12(27)9-7-28-13(24-9)16(17,18)19/h3-5,7,20H,6H2,1-2H3,(H2,21,25)(H,22,23,27). The van der Waals surface area contributed by atoms with Crippen LogP contribution in [0.1, 0.15) is 35.4 Å². The summed E-state index contributed by atoms with van der Waals surface area (Å²) in [5.74, 6) is -1.98. The summed E-state index contributed by atoms with van der Waals surface area (Å²) in [6.07, 6.45) is -2.51. The van der Waals surface area contributed by atoms with E-state index in [0.717, 1.165) is 0 Å². The van der Waals surface area contributed by atoms with Gasteiger partial charge in [-0.15, -0.1) is 0 Å². The van der Waals surface area contributed by atoms with Crippen molar-refractivity contribution in [1.29, 1.82) is 5.41 Å². The molecule has 0 radical (unpaired) electrons. The maximum atomic E-state index is 12.5. The Labute approximate surface area is 157 Å². The number of alkyl halides is 3. The molecule has 0 saturated heterocycles. The van der Waals surface area contributed by atoms with Crippen LogP contribution in [0.2, 0.25) is 0 Å². The molecule has 3 heterocycles. The number of aromatic nitrogens is 2. The number of nitrogens with zero attached hydrogens (tertiary/aromatic N) is 4. The molecule has 1 aliphatic heterocycles. The molecular formula is C16H16F3N7O2. The predicted octanol–water partition coefficient (Wildman–Crippen LogP) is 2.18. The van der Waals surface area contributed by atoms with Crippen LogP contribution in [0.25, 0.3) is 0 Å². The molecule has 148 valence electrons. The van der Waals surface area contributed by atoms with Crippen molar-refractivity contribution in [2.24, 2.45) is 10.7 Å².